The predicted molar refractivity (Wildman–Crippen MR) is 28.4 cm³/mol. The molecule has 1 saturated heterocycles. The van der Waals surface area contributed by atoms with Crippen LogP contribution in [0.3, 0.4) is 0 Å². The van der Waals surface area contributed by atoms with Gasteiger partial charge in [0.2, 0.25) is 0 Å². The predicted octanol–water partition coefficient (Wildman–Crippen LogP) is 0.211. The van der Waals surface area contributed by atoms with Crippen molar-refractivity contribution in [2.75, 3.05) is 0 Å². The average molecular weight is 149 g/mol. The van der Waals surface area contributed by atoms with Crippen LogP contribution in [0.2, 0.25) is 5.32 Å². The van der Waals surface area contributed by atoms with Crippen LogP contribution in [0, 0.1) is 0 Å². The van der Waals surface area contributed by atoms with E-state index in [1.54, 1.807) is 0 Å². The van der Waals surface area contributed by atoms with Crippen molar-refractivity contribution in [2.45, 2.75) is 9.88 Å². The van der Waals surface area contributed by atoms with E-state index in [1.165, 1.54) is 5.32 Å². The average Bonchev–Trinajstić information content (AvgIpc) is 2.12. The molecule has 0 aromatic carbocycles. The molecule has 2 atom stereocenters. The van der Waals surface area contributed by atoms with Gasteiger partial charge in [0.25, 0.3) is 0 Å². The minimum absolute atomic E-state index is 0.753. The van der Waals surface area contributed by atoms with Gasteiger partial charge in [-0.3, -0.25) is 0 Å². The number of hydrogen-bond acceptors (Lipinski definition) is 0. The summed E-state index contributed by atoms with van der Waals surface area (Å²) in [6.45, 7) is 0. The van der Waals surface area contributed by atoms with Crippen molar-refractivity contribution in [1.29, 1.82) is 0 Å². The van der Waals surface area contributed by atoms with Crippen LogP contribution in [0.15, 0.2) is 0 Å². The Morgan fingerprint density at radius 2 is 2.60 bits per heavy atom. The summed E-state index contributed by atoms with van der Waals surface area (Å²) in [7, 11) is 6.03. The molecule has 0 spiro atoms. The zero-order chi connectivity index (χ0) is 3.70. The van der Waals surface area contributed by atoms with E-state index in [2.05, 4.69) is 0 Å². The molecule has 3 heteroatoms. The first kappa shape index (κ1) is 4.18. The third-order valence-corrected chi connectivity index (χ3v) is 4.88. The fraction of sp³-hybridized carbons (Fsp3) is 1.00. The third-order valence-electron chi connectivity index (χ3n) is 0.519. The molecular formula is C2H4BPSe. The fourth-order valence-electron chi connectivity index (χ4n) is 0.144. The topological polar surface area (TPSA) is 0 Å². The summed E-state index contributed by atoms with van der Waals surface area (Å²) < 4.78 is 1.00. The summed E-state index contributed by atoms with van der Waals surface area (Å²) in [5.41, 5.74) is 0. The fourth-order valence-corrected chi connectivity index (χ4v) is 2.25. The molecule has 26 valence electrons. The molecule has 1 aliphatic rings. The van der Waals surface area contributed by atoms with Crippen LogP contribution in [-0.4, -0.2) is 27.1 Å². The monoisotopic (exact) mass is 150 g/mol. The van der Waals surface area contributed by atoms with Gasteiger partial charge < -0.3 is 0 Å². The van der Waals surface area contributed by atoms with E-state index in [4.69, 9.17) is 7.57 Å². The molecule has 0 amide bonds. The van der Waals surface area contributed by atoms with Gasteiger partial charge >= 0.3 is 40.9 Å². The molecule has 0 nitrogen and oxygen atoms in total. The van der Waals surface area contributed by atoms with Gasteiger partial charge in [-0.1, -0.05) is 0 Å². The molecule has 1 aliphatic heterocycles. The first-order valence-electron chi connectivity index (χ1n) is 1.51. The molecule has 0 N–H and O–H groups in total. The molecule has 2 radical (unpaired) electrons. The van der Waals surface area contributed by atoms with Crippen LogP contribution in [-0.2, 0) is 0 Å². The van der Waals surface area contributed by atoms with Crippen LogP contribution >= 0.6 is 8.46 Å². The van der Waals surface area contributed by atoms with Crippen LogP contribution in [0.1, 0.15) is 0 Å². The Labute approximate surface area is 41.4 Å². The molecule has 2 unspecified atom stereocenters. The van der Waals surface area contributed by atoms with Crippen molar-refractivity contribution < 1.29 is 0 Å². The minimum atomic E-state index is 0.753. The zero-order valence-electron chi connectivity index (χ0n) is 2.77. The van der Waals surface area contributed by atoms with Gasteiger partial charge in [0.1, 0.15) is 0 Å². The summed E-state index contributed by atoms with van der Waals surface area (Å²) in [4.78, 5) is 0. The second-order valence-corrected chi connectivity index (χ2v) is 5.55. The van der Waals surface area contributed by atoms with Gasteiger partial charge in [0.15, 0.2) is 0 Å². The van der Waals surface area contributed by atoms with Gasteiger partial charge in [0, 0.05) is 0 Å². The molecule has 0 aromatic rings. The second kappa shape index (κ2) is 1.64. The molecule has 0 aliphatic carbocycles. The van der Waals surface area contributed by atoms with Crippen molar-refractivity contribution in [1.82, 2.24) is 0 Å². The van der Waals surface area contributed by atoms with Crippen molar-refractivity contribution in [3.8, 4) is 0 Å². The summed E-state index contributed by atoms with van der Waals surface area (Å²) in [5, 5.41) is 1.46. The summed E-state index contributed by atoms with van der Waals surface area (Å²) in [6, 6.07) is 0. The standard InChI is InChI=1S/C2H4BPSe/c3-4-2-1-5-2/h2,4H,1H2. The van der Waals surface area contributed by atoms with Crippen molar-refractivity contribution >= 4 is 31.0 Å². The first-order valence-corrected chi connectivity index (χ1v) is 4.87. The molecule has 1 rings (SSSR count). The summed E-state index contributed by atoms with van der Waals surface area (Å²) in [6.07, 6.45) is 0. The molecule has 0 bridgehead atoms. The molecule has 1 fully saturated rings. The van der Waals surface area contributed by atoms with Crippen molar-refractivity contribution in [3.63, 3.8) is 0 Å². The van der Waals surface area contributed by atoms with Crippen LogP contribution in [0.5, 0.6) is 0 Å². The Balaban J connectivity index is 2.00. The van der Waals surface area contributed by atoms with Crippen molar-refractivity contribution in [3.05, 3.63) is 0 Å². The molecule has 1 heterocycles. The molecule has 0 saturated carbocycles. The van der Waals surface area contributed by atoms with E-state index in [1.807, 2.05) is 0 Å². The Kier molecular flexibility index (Phi) is 1.37. The first-order chi connectivity index (χ1) is 2.43. The Hall–Kier alpha value is 1.01. The van der Waals surface area contributed by atoms with E-state index in [-0.39, 0.29) is 0 Å². The van der Waals surface area contributed by atoms with Crippen molar-refractivity contribution in [2.24, 2.45) is 0 Å². The molecule has 5 heavy (non-hydrogen) atoms. The van der Waals surface area contributed by atoms with E-state index in [0.29, 0.717) is 0 Å². The van der Waals surface area contributed by atoms with Gasteiger partial charge in [-0.05, 0) is 0 Å². The summed E-state index contributed by atoms with van der Waals surface area (Å²) in [5.74, 6) is 0. The number of hydrogen-bond donors (Lipinski definition) is 0. The van der Waals surface area contributed by atoms with E-state index < -0.39 is 0 Å². The Morgan fingerprint density at radius 1 is 2.00 bits per heavy atom. The SMILES string of the molecule is [B]PC1C[Se]1. The Morgan fingerprint density at radius 3 is 2.60 bits per heavy atom. The zero-order valence-corrected chi connectivity index (χ0v) is 5.48. The van der Waals surface area contributed by atoms with Gasteiger partial charge in [-0.2, -0.15) is 0 Å². The maximum atomic E-state index is 5.28. The summed E-state index contributed by atoms with van der Waals surface area (Å²) >= 11 is 0.979. The molecule has 0 aromatic heterocycles. The Bertz CT molecular complexity index is 36.6. The maximum absolute atomic E-state index is 5.28. The second-order valence-electron chi connectivity index (χ2n) is 0.989. The van der Waals surface area contributed by atoms with Crippen LogP contribution in [0.25, 0.3) is 0 Å². The molecular weight excluding hydrogens is 145 g/mol. The number of rotatable bonds is 1. The van der Waals surface area contributed by atoms with E-state index in [9.17, 15) is 0 Å². The van der Waals surface area contributed by atoms with Gasteiger partial charge in [0.05, 0.1) is 0 Å². The third kappa shape index (κ3) is 1.26. The van der Waals surface area contributed by atoms with E-state index >= 15 is 0 Å². The van der Waals surface area contributed by atoms with Crippen LogP contribution in [0.4, 0.5) is 0 Å². The normalized spacial score (nSPS) is 36.4. The van der Waals surface area contributed by atoms with Gasteiger partial charge in [-0.25, -0.2) is 0 Å². The quantitative estimate of drug-likeness (QED) is 0.369. The van der Waals surface area contributed by atoms with Crippen LogP contribution < -0.4 is 0 Å². The van der Waals surface area contributed by atoms with E-state index in [0.717, 1.165) is 28.0 Å². The van der Waals surface area contributed by atoms with Gasteiger partial charge in [-0.15, -0.1) is 0 Å².